The molecule has 0 aliphatic rings. The van der Waals surface area contributed by atoms with E-state index in [9.17, 15) is 9.18 Å². The number of halogens is 2. The Morgan fingerprint density at radius 3 is 2.62 bits per heavy atom. The second kappa shape index (κ2) is 6.86. The van der Waals surface area contributed by atoms with Crippen LogP contribution < -0.4 is 10.1 Å². The largest absolute Gasteiger partial charge is 0.484 e. The number of benzene rings is 2. The molecule has 1 amide bonds. The third-order valence-electron chi connectivity index (χ3n) is 2.56. The smallest absolute Gasteiger partial charge is 0.262 e. The number of nitrogens with zero attached hydrogens (tertiary/aromatic N) is 1. The molecule has 0 unspecified atom stereocenters. The summed E-state index contributed by atoms with van der Waals surface area (Å²) in [6, 6.07) is 12.7. The Bertz CT molecular complexity index is 696. The van der Waals surface area contributed by atoms with E-state index in [1.54, 1.807) is 30.3 Å². The lowest BCUT2D eigenvalue weighted by Gasteiger charge is -2.08. The van der Waals surface area contributed by atoms with Gasteiger partial charge in [0, 0.05) is 11.8 Å². The summed E-state index contributed by atoms with van der Waals surface area (Å²) in [5.74, 6) is -0.561. The van der Waals surface area contributed by atoms with Crippen LogP contribution in [-0.4, -0.2) is 12.5 Å². The van der Waals surface area contributed by atoms with Crippen LogP contribution >= 0.6 is 15.9 Å². The van der Waals surface area contributed by atoms with Gasteiger partial charge in [-0.15, -0.1) is 0 Å². The van der Waals surface area contributed by atoms with Crippen molar-refractivity contribution in [3.05, 3.63) is 58.3 Å². The first-order valence-electron chi connectivity index (χ1n) is 5.96. The molecule has 0 aliphatic carbocycles. The molecule has 106 valence electrons. The van der Waals surface area contributed by atoms with E-state index < -0.39 is 5.82 Å². The standard InChI is InChI=1S/C15H10BrFN2O2/c16-13-6-5-12(7-14(13)17)21-9-15(20)19-11-3-1-10(8-18)2-4-11/h1-7H,9H2,(H,19,20). The lowest BCUT2D eigenvalue weighted by Crippen LogP contribution is -2.20. The third-order valence-corrected chi connectivity index (χ3v) is 3.20. The molecule has 6 heteroatoms. The van der Waals surface area contributed by atoms with Crippen molar-refractivity contribution in [1.29, 1.82) is 5.26 Å². The Labute approximate surface area is 129 Å². The number of nitriles is 1. The number of carbonyl (C=O) groups is 1. The van der Waals surface area contributed by atoms with Gasteiger partial charge in [-0.1, -0.05) is 0 Å². The van der Waals surface area contributed by atoms with Crippen molar-refractivity contribution in [1.82, 2.24) is 0 Å². The number of nitrogens with one attached hydrogen (secondary N) is 1. The molecule has 0 radical (unpaired) electrons. The van der Waals surface area contributed by atoms with Crippen molar-refractivity contribution in [2.75, 3.05) is 11.9 Å². The van der Waals surface area contributed by atoms with Gasteiger partial charge in [-0.2, -0.15) is 5.26 Å². The van der Waals surface area contributed by atoms with Gasteiger partial charge in [0.05, 0.1) is 16.1 Å². The fraction of sp³-hybridized carbons (Fsp3) is 0.0667. The minimum Gasteiger partial charge on any atom is -0.484 e. The summed E-state index contributed by atoms with van der Waals surface area (Å²) < 4.78 is 18.8. The lowest BCUT2D eigenvalue weighted by atomic mass is 10.2. The summed E-state index contributed by atoms with van der Waals surface area (Å²) in [5, 5.41) is 11.3. The van der Waals surface area contributed by atoms with Crippen molar-refractivity contribution in [2.45, 2.75) is 0 Å². The molecular weight excluding hydrogens is 339 g/mol. The number of anilines is 1. The van der Waals surface area contributed by atoms with Crippen LogP contribution in [0.4, 0.5) is 10.1 Å². The average molecular weight is 349 g/mol. The van der Waals surface area contributed by atoms with E-state index in [1.165, 1.54) is 12.1 Å². The number of amides is 1. The van der Waals surface area contributed by atoms with Gasteiger partial charge >= 0.3 is 0 Å². The maximum atomic E-state index is 13.3. The topological polar surface area (TPSA) is 62.1 Å². The molecule has 0 saturated carbocycles. The summed E-state index contributed by atoms with van der Waals surface area (Å²) >= 11 is 3.03. The zero-order chi connectivity index (χ0) is 15.2. The van der Waals surface area contributed by atoms with Gasteiger partial charge in [-0.05, 0) is 52.3 Å². The summed E-state index contributed by atoms with van der Waals surface area (Å²) in [6.45, 7) is -0.235. The van der Waals surface area contributed by atoms with Gasteiger partial charge < -0.3 is 10.1 Å². The first-order valence-corrected chi connectivity index (χ1v) is 6.75. The van der Waals surface area contributed by atoms with Crippen LogP contribution in [0.15, 0.2) is 46.9 Å². The number of hydrogen-bond acceptors (Lipinski definition) is 3. The molecule has 4 nitrogen and oxygen atoms in total. The van der Waals surface area contributed by atoms with Crippen molar-refractivity contribution in [3.8, 4) is 11.8 Å². The summed E-state index contributed by atoms with van der Waals surface area (Å²) in [7, 11) is 0. The number of ether oxygens (including phenoxy) is 1. The average Bonchev–Trinajstić information content (AvgIpc) is 2.49. The second-order valence-corrected chi connectivity index (χ2v) is 4.96. The number of rotatable bonds is 4. The predicted octanol–water partition coefficient (Wildman–Crippen LogP) is 3.48. The zero-order valence-corrected chi connectivity index (χ0v) is 12.4. The highest BCUT2D eigenvalue weighted by Gasteiger charge is 2.06. The lowest BCUT2D eigenvalue weighted by molar-refractivity contribution is -0.118. The van der Waals surface area contributed by atoms with E-state index in [2.05, 4.69) is 21.2 Å². The Kier molecular flexibility index (Phi) is 4.90. The molecule has 0 bridgehead atoms. The minimum absolute atomic E-state index is 0.235. The van der Waals surface area contributed by atoms with Crippen LogP contribution in [0.5, 0.6) is 5.75 Å². The van der Waals surface area contributed by atoms with Crippen molar-refractivity contribution in [3.63, 3.8) is 0 Å². The predicted molar refractivity (Wildman–Crippen MR) is 79.4 cm³/mol. The van der Waals surface area contributed by atoms with Gasteiger partial charge in [-0.3, -0.25) is 4.79 Å². The molecule has 0 saturated heterocycles. The molecule has 0 atom stereocenters. The molecule has 2 rings (SSSR count). The summed E-state index contributed by atoms with van der Waals surface area (Å²) in [5.41, 5.74) is 1.07. The normalized spacial score (nSPS) is 9.76. The molecule has 0 aromatic heterocycles. The van der Waals surface area contributed by atoms with Crippen LogP contribution in [-0.2, 0) is 4.79 Å². The number of hydrogen-bond donors (Lipinski definition) is 1. The highest BCUT2D eigenvalue weighted by molar-refractivity contribution is 9.10. The summed E-state index contributed by atoms with van der Waals surface area (Å²) in [6.07, 6.45) is 0. The number of carbonyl (C=O) groups excluding carboxylic acids is 1. The second-order valence-electron chi connectivity index (χ2n) is 4.10. The van der Waals surface area contributed by atoms with Gasteiger partial charge in [0.2, 0.25) is 0 Å². The fourth-order valence-electron chi connectivity index (χ4n) is 1.54. The van der Waals surface area contributed by atoms with E-state index in [4.69, 9.17) is 10.00 Å². The SMILES string of the molecule is N#Cc1ccc(NC(=O)COc2ccc(Br)c(F)c2)cc1. The maximum Gasteiger partial charge on any atom is 0.262 e. The van der Waals surface area contributed by atoms with Gasteiger partial charge in [0.25, 0.3) is 5.91 Å². The van der Waals surface area contributed by atoms with Crippen LogP contribution in [0.3, 0.4) is 0 Å². The molecule has 0 aliphatic heterocycles. The Hall–Kier alpha value is -2.39. The molecule has 0 spiro atoms. The first kappa shape index (κ1) is 15.0. The van der Waals surface area contributed by atoms with Gasteiger partial charge in [-0.25, -0.2) is 4.39 Å². The molecule has 0 fully saturated rings. The van der Waals surface area contributed by atoms with Crippen LogP contribution in [0, 0.1) is 17.1 Å². The van der Waals surface area contributed by atoms with Crippen molar-refractivity contribution >= 4 is 27.5 Å². The molecule has 21 heavy (non-hydrogen) atoms. The summed E-state index contributed by atoms with van der Waals surface area (Å²) in [4.78, 5) is 11.7. The molecular formula is C15H10BrFN2O2. The van der Waals surface area contributed by atoms with Gasteiger partial charge in [0.15, 0.2) is 6.61 Å². The first-order chi connectivity index (χ1) is 10.1. The van der Waals surface area contributed by atoms with E-state index in [0.717, 1.165) is 0 Å². The van der Waals surface area contributed by atoms with E-state index in [-0.39, 0.29) is 18.3 Å². The van der Waals surface area contributed by atoms with Crippen LogP contribution in [0.1, 0.15) is 5.56 Å². The van der Waals surface area contributed by atoms with E-state index in [1.807, 2.05) is 6.07 Å². The van der Waals surface area contributed by atoms with Crippen molar-refractivity contribution in [2.24, 2.45) is 0 Å². The zero-order valence-electron chi connectivity index (χ0n) is 10.8. The highest BCUT2D eigenvalue weighted by Crippen LogP contribution is 2.20. The Balaban J connectivity index is 1.89. The van der Waals surface area contributed by atoms with E-state index >= 15 is 0 Å². The quantitative estimate of drug-likeness (QED) is 0.919. The molecule has 2 aromatic rings. The minimum atomic E-state index is -0.458. The Morgan fingerprint density at radius 1 is 1.29 bits per heavy atom. The highest BCUT2D eigenvalue weighted by atomic mass is 79.9. The molecule has 0 heterocycles. The van der Waals surface area contributed by atoms with Crippen LogP contribution in [0.2, 0.25) is 0 Å². The Morgan fingerprint density at radius 2 is 2.00 bits per heavy atom. The monoisotopic (exact) mass is 348 g/mol. The maximum absolute atomic E-state index is 13.3. The van der Waals surface area contributed by atoms with Gasteiger partial charge in [0.1, 0.15) is 11.6 Å². The molecule has 2 aromatic carbocycles. The van der Waals surface area contributed by atoms with Crippen LogP contribution in [0.25, 0.3) is 0 Å². The van der Waals surface area contributed by atoms with Crippen molar-refractivity contribution < 1.29 is 13.9 Å². The third kappa shape index (κ3) is 4.29. The fourth-order valence-corrected chi connectivity index (χ4v) is 1.79. The van der Waals surface area contributed by atoms with E-state index in [0.29, 0.717) is 15.7 Å². The molecule has 1 N–H and O–H groups in total.